The van der Waals surface area contributed by atoms with Crippen LogP contribution < -0.4 is 10.6 Å². The molecule has 2 aromatic rings. The Morgan fingerprint density at radius 2 is 1.25 bits per heavy atom. The molecule has 0 saturated carbocycles. The van der Waals surface area contributed by atoms with Crippen LogP contribution in [0.4, 0.5) is 11.6 Å². The summed E-state index contributed by atoms with van der Waals surface area (Å²) in [5.74, 6) is 3.68. The van der Waals surface area contributed by atoms with Crippen molar-refractivity contribution in [3.8, 4) is 0 Å². The highest BCUT2D eigenvalue weighted by atomic mass is 33.1. The van der Waals surface area contributed by atoms with Gasteiger partial charge in [0.2, 0.25) is 0 Å². The van der Waals surface area contributed by atoms with E-state index in [2.05, 4.69) is 30.6 Å². The van der Waals surface area contributed by atoms with E-state index in [0.29, 0.717) is 0 Å². The molecule has 0 amide bonds. The van der Waals surface area contributed by atoms with Gasteiger partial charge in [0.15, 0.2) is 0 Å². The molecule has 0 spiro atoms. The molecule has 0 unspecified atom stereocenters. The van der Waals surface area contributed by atoms with Gasteiger partial charge < -0.3 is 10.6 Å². The van der Waals surface area contributed by atoms with Crippen molar-refractivity contribution in [2.45, 2.75) is 0 Å². The fraction of sp³-hybridized carbons (Fsp3) is 0.333. The molecular weight excluding hydrogens is 292 g/mol. The zero-order valence-corrected chi connectivity index (χ0v) is 12.5. The van der Waals surface area contributed by atoms with Crippen molar-refractivity contribution >= 4 is 33.2 Å². The molecule has 2 N–H and O–H groups in total. The third-order valence-electron chi connectivity index (χ3n) is 2.19. The van der Waals surface area contributed by atoms with Gasteiger partial charge in [-0.15, -0.1) is 0 Å². The van der Waals surface area contributed by atoms with E-state index in [4.69, 9.17) is 0 Å². The molecule has 20 heavy (non-hydrogen) atoms. The number of hydrogen-bond acceptors (Lipinski definition) is 8. The van der Waals surface area contributed by atoms with E-state index in [1.54, 1.807) is 37.2 Å². The molecule has 0 radical (unpaired) electrons. The van der Waals surface area contributed by atoms with E-state index in [1.165, 1.54) is 0 Å². The van der Waals surface area contributed by atoms with Gasteiger partial charge in [-0.25, -0.2) is 9.97 Å². The van der Waals surface area contributed by atoms with E-state index in [-0.39, 0.29) is 0 Å². The predicted molar refractivity (Wildman–Crippen MR) is 86.0 cm³/mol. The zero-order valence-electron chi connectivity index (χ0n) is 10.9. The number of aromatic nitrogens is 4. The van der Waals surface area contributed by atoms with Crippen LogP contribution in [0.25, 0.3) is 0 Å². The number of nitrogens with zero attached hydrogens (tertiary/aromatic N) is 4. The Morgan fingerprint density at radius 1 is 0.750 bits per heavy atom. The topological polar surface area (TPSA) is 75.6 Å². The molecule has 0 aromatic carbocycles. The fourth-order valence-electron chi connectivity index (χ4n) is 1.34. The lowest BCUT2D eigenvalue weighted by molar-refractivity contribution is 1.13. The molecule has 0 fully saturated rings. The standard InChI is InChI=1S/C12H16N6S2/c1-3-15-11(9-13-1)17-5-7-19-20-8-6-18-12-10-14-2-4-16-12/h1-4,9-10H,5-8H2,(H,15,17)(H,16,18). The first-order valence-corrected chi connectivity index (χ1v) is 8.68. The third-order valence-corrected chi connectivity index (χ3v) is 4.60. The molecule has 106 valence electrons. The highest BCUT2D eigenvalue weighted by Crippen LogP contribution is 2.20. The molecule has 0 aliphatic carbocycles. The first kappa shape index (κ1) is 14.9. The fourth-order valence-corrected chi connectivity index (χ4v) is 3.15. The van der Waals surface area contributed by atoms with Gasteiger partial charge in [-0.1, -0.05) is 21.6 Å². The van der Waals surface area contributed by atoms with Gasteiger partial charge in [-0.05, 0) is 0 Å². The predicted octanol–water partition coefficient (Wildman–Crippen LogP) is 2.17. The van der Waals surface area contributed by atoms with Gasteiger partial charge in [-0.2, -0.15) is 0 Å². The third kappa shape index (κ3) is 6.07. The van der Waals surface area contributed by atoms with Crippen LogP contribution in [0.1, 0.15) is 0 Å². The molecule has 8 heteroatoms. The minimum atomic E-state index is 0.822. The maximum absolute atomic E-state index is 4.15. The average molecular weight is 308 g/mol. The van der Waals surface area contributed by atoms with Gasteiger partial charge >= 0.3 is 0 Å². The summed E-state index contributed by atoms with van der Waals surface area (Å²) in [5, 5.41) is 6.44. The van der Waals surface area contributed by atoms with Crippen LogP contribution in [0.3, 0.4) is 0 Å². The Kier molecular flexibility index (Phi) is 6.97. The van der Waals surface area contributed by atoms with Crippen molar-refractivity contribution in [2.24, 2.45) is 0 Å². The van der Waals surface area contributed by atoms with Gasteiger partial charge in [0.25, 0.3) is 0 Å². The monoisotopic (exact) mass is 308 g/mol. The van der Waals surface area contributed by atoms with Crippen LogP contribution in [0.15, 0.2) is 37.2 Å². The van der Waals surface area contributed by atoms with Crippen molar-refractivity contribution in [1.82, 2.24) is 19.9 Å². The van der Waals surface area contributed by atoms with Crippen LogP contribution in [-0.2, 0) is 0 Å². The first-order chi connectivity index (χ1) is 9.95. The van der Waals surface area contributed by atoms with Crippen molar-refractivity contribution in [3.63, 3.8) is 0 Å². The summed E-state index contributed by atoms with van der Waals surface area (Å²) in [5.41, 5.74) is 0. The zero-order chi connectivity index (χ0) is 13.9. The van der Waals surface area contributed by atoms with Crippen molar-refractivity contribution in [2.75, 3.05) is 35.2 Å². The second-order valence-corrected chi connectivity index (χ2v) is 6.38. The van der Waals surface area contributed by atoms with Crippen LogP contribution in [0.2, 0.25) is 0 Å². The number of nitrogens with one attached hydrogen (secondary N) is 2. The quantitative estimate of drug-likeness (QED) is 0.539. The van der Waals surface area contributed by atoms with E-state index in [9.17, 15) is 0 Å². The van der Waals surface area contributed by atoms with Crippen LogP contribution in [0.5, 0.6) is 0 Å². The number of anilines is 2. The number of hydrogen-bond donors (Lipinski definition) is 2. The second-order valence-electron chi connectivity index (χ2n) is 3.68. The highest BCUT2D eigenvalue weighted by Gasteiger charge is 1.95. The van der Waals surface area contributed by atoms with Gasteiger partial charge in [0.1, 0.15) is 11.6 Å². The summed E-state index contributed by atoms with van der Waals surface area (Å²) >= 11 is 0. The maximum atomic E-state index is 4.15. The van der Waals surface area contributed by atoms with Crippen LogP contribution in [0, 0.1) is 0 Å². The lowest BCUT2D eigenvalue weighted by atomic mass is 10.6. The molecule has 2 heterocycles. The Labute approximate surface area is 126 Å². The SMILES string of the molecule is c1cnc(NCCSSCCNc2cnccn2)cn1. The van der Waals surface area contributed by atoms with Crippen LogP contribution >= 0.6 is 21.6 Å². The first-order valence-electron chi connectivity index (χ1n) is 6.19. The van der Waals surface area contributed by atoms with Crippen molar-refractivity contribution in [3.05, 3.63) is 37.2 Å². The Balaban J connectivity index is 1.44. The van der Waals surface area contributed by atoms with E-state index >= 15 is 0 Å². The Bertz CT molecular complexity index is 424. The molecule has 2 aromatic heterocycles. The van der Waals surface area contributed by atoms with E-state index in [0.717, 1.165) is 36.2 Å². The summed E-state index contributed by atoms with van der Waals surface area (Å²) in [6, 6.07) is 0. The molecule has 0 bridgehead atoms. The molecule has 0 aliphatic heterocycles. The lowest BCUT2D eigenvalue weighted by Crippen LogP contribution is -2.06. The smallest absolute Gasteiger partial charge is 0.144 e. The molecule has 2 rings (SSSR count). The van der Waals surface area contributed by atoms with E-state index < -0.39 is 0 Å². The van der Waals surface area contributed by atoms with Gasteiger partial charge in [-0.3, -0.25) is 9.97 Å². The summed E-state index contributed by atoms with van der Waals surface area (Å²) in [4.78, 5) is 16.3. The van der Waals surface area contributed by atoms with E-state index in [1.807, 2.05) is 21.6 Å². The van der Waals surface area contributed by atoms with Gasteiger partial charge in [0.05, 0.1) is 12.4 Å². The molecule has 6 nitrogen and oxygen atoms in total. The summed E-state index contributed by atoms with van der Waals surface area (Å²) in [7, 11) is 3.68. The molecule has 0 aliphatic rings. The second kappa shape index (κ2) is 9.38. The minimum Gasteiger partial charge on any atom is -0.368 e. The summed E-state index contributed by atoms with van der Waals surface area (Å²) < 4.78 is 0. The summed E-state index contributed by atoms with van der Waals surface area (Å²) in [6.45, 7) is 1.77. The molecule has 0 saturated heterocycles. The largest absolute Gasteiger partial charge is 0.368 e. The normalized spacial score (nSPS) is 10.2. The molecular formula is C12H16N6S2. The van der Waals surface area contributed by atoms with Crippen molar-refractivity contribution < 1.29 is 0 Å². The average Bonchev–Trinajstić information content (AvgIpc) is 2.52. The van der Waals surface area contributed by atoms with Crippen molar-refractivity contribution in [1.29, 1.82) is 0 Å². The summed E-state index contributed by atoms with van der Waals surface area (Å²) in [6.07, 6.45) is 10.1. The molecule has 0 atom stereocenters. The number of rotatable bonds is 9. The highest BCUT2D eigenvalue weighted by molar-refractivity contribution is 8.76. The Morgan fingerprint density at radius 3 is 1.65 bits per heavy atom. The lowest BCUT2D eigenvalue weighted by Gasteiger charge is -2.05. The van der Waals surface area contributed by atoms with Gasteiger partial charge in [0, 0.05) is 49.4 Å². The Hall–Kier alpha value is -1.54. The maximum Gasteiger partial charge on any atom is 0.144 e. The van der Waals surface area contributed by atoms with Crippen LogP contribution in [-0.4, -0.2) is 44.5 Å². The minimum absolute atomic E-state index is 0.822.